The molecule has 0 bridgehead atoms. The van der Waals surface area contributed by atoms with Gasteiger partial charge in [0.2, 0.25) is 0 Å². The molecular formula is C16H34N2O. The van der Waals surface area contributed by atoms with Crippen LogP contribution in [0, 0.1) is 11.8 Å². The van der Waals surface area contributed by atoms with E-state index in [0.717, 1.165) is 24.8 Å². The summed E-state index contributed by atoms with van der Waals surface area (Å²) in [7, 11) is 0. The number of nitrogens with zero attached hydrogens (tertiary/aromatic N) is 1. The average Bonchev–Trinajstić information content (AvgIpc) is 2.39. The minimum atomic E-state index is 0.354. The van der Waals surface area contributed by atoms with E-state index in [1.807, 2.05) is 0 Å². The summed E-state index contributed by atoms with van der Waals surface area (Å²) in [5.74, 6) is 1.61. The first kappa shape index (κ1) is 16.9. The van der Waals surface area contributed by atoms with Crippen molar-refractivity contribution in [3.05, 3.63) is 0 Å². The molecule has 1 aliphatic heterocycles. The Hall–Kier alpha value is -0.120. The van der Waals surface area contributed by atoms with E-state index >= 15 is 0 Å². The van der Waals surface area contributed by atoms with Gasteiger partial charge in [0.05, 0.1) is 0 Å². The van der Waals surface area contributed by atoms with Gasteiger partial charge in [0.15, 0.2) is 0 Å². The van der Waals surface area contributed by atoms with Gasteiger partial charge in [-0.3, -0.25) is 0 Å². The summed E-state index contributed by atoms with van der Waals surface area (Å²) >= 11 is 0. The molecule has 2 N–H and O–H groups in total. The molecule has 0 amide bonds. The van der Waals surface area contributed by atoms with Gasteiger partial charge in [-0.1, -0.05) is 26.7 Å². The largest absolute Gasteiger partial charge is 0.396 e. The van der Waals surface area contributed by atoms with Crippen molar-refractivity contribution in [2.24, 2.45) is 11.8 Å². The van der Waals surface area contributed by atoms with Crippen LogP contribution in [-0.2, 0) is 0 Å². The van der Waals surface area contributed by atoms with Gasteiger partial charge in [-0.05, 0) is 63.7 Å². The molecule has 3 nitrogen and oxygen atoms in total. The maximum Gasteiger partial charge on any atom is 0.0431 e. The van der Waals surface area contributed by atoms with E-state index in [9.17, 15) is 0 Å². The lowest BCUT2D eigenvalue weighted by atomic mass is 9.97. The summed E-state index contributed by atoms with van der Waals surface area (Å²) in [5, 5.41) is 12.4. The predicted molar refractivity (Wildman–Crippen MR) is 82.4 cm³/mol. The van der Waals surface area contributed by atoms with E-state index in [-0.39, 0.29) is 0 Å². The van der Waals surface area contributed by atoms with Gasteiger partial charge in [-0.2, -0.15) is 0 Å². The van der Waals surface area contributed by atoms with Crippen molar-refractivity contribution >= 4 is 0 Å². The standard InChI is InChI=1S/C16H34N2O/c1-15(2)12-17-13-16-8-7-10-18(14-16)9-5-3-4-6-11-19/h15-17,19H,3-14H2,1-2H3. The molecule has 1 rings (SSSR count). The SMILES string of the molecule is CC(C)CNCC1CCCN(CCCCCCO)C1. The van der Waals surface area contributed by atoms with Gasteiger partial charge in [0.1, 0.15) is 0 Å². The fourth-order valence-corrected chi connectivity index (χ4v) is 2.90. The Morgan fingerprint density at radius 2 is 2.00 bits per heavy atom. The number of rotatable bonds is 10. The molecule has 1 heterocycles. The molecule has 0 aromatic rings. The van der Waals surface area contributed by atoms with Gasteiger partial charge in [-0.25, -0.2) is 0 Å². The number of hydrogen-bond donors (Lipinski definition) is 2. The van der Waals surface area contributed by atoms with E-state index in [0.29, 0.717) is 6.61 Å². The third-order valence-corrected chi connectivity index (χ3v) is 3.97. The summed E-state index contributed by atoms with van der Waals surface area (Å²) in [6.45, 7) is 11.1. The zero-order valence-electron chi connectivity index (χ0n) is 13.0. The van der Waals surface area contributed by atoms with Gasteiger partial charge in [0.25, 0.3) is 0 Å². The van der Waals surface area contributed by atoms with Crippen LogP contribution in [-0.4, -0.2) is 49.3 Å². The molecule has 0 spiro atoms. The molecule has 114 valence electrons. The summed E-state index contributed by atoms with van der Waals surface area (Å²) in [6, 6.07) is 0. The van der Waals surface area contributed by atoms with Crippen LogP contribution in [0.2, 0.25) is 0 Å². The number of unbranched alkanes of at least 4 members (excludes halogenated alkanes) is 3. The topological polar surface area (TPSA) is 35.5 Å². The molecule has 0 saturated carbocycles. The van der Waals surface area contributed by atoms with Crippen LogP contribution in [0.4, 0.5) is 0 Å². The first-order valence-corrected chi connectivity index (χ1v) is 8.26. The Kier molecular flexibility index (Phi) is 9.48. The summed E-state index contributed by atoms with van der Waals surface area (Å²) < 4.78 is 0. The van der Waals surface area contributed by atoms with Crippen LogP contribution in [0.1, 0.15) is 52.4 Å². The zero-order valence-corrected chi connectivity index (χ0v) is 13.0. The molecule has 0 aliphatic carbocycles. The molecule has 0 aromatic heterocycles. The van der Waals surface area contributed by atoms with Crippen LogP contribution < -0.4 is 5.32 Å². The molecule has 1 atom stereocenters. The predicted octanol–water partition coefficient (Wildman–Crippen LogP) is 2.50. The summed E-state index contributed by atoms with van der Waals surface area (Å²) in [4.78, 5) is 2.64. The second-order valence-electron chi connectivity index (χ2n) is 6.50. The number of aliphatic hydroxyl groups is 1. The van der Waals surface area contributed by atoms with Gasteiger partial charge < -0.3 is 15.3 Å². The molecule has 1 saturated heterocycles. The normalized spacial score (nSPS) is 21.2. The van der Waals surface area contributed by atoms with E-state index in [2.05, 4.69) is 24.1 Å². The van der Waals surface area contributed by atoms with Crippen molar-refractivity contribution in [2.75, 3.05) is 39.3 Å². The molecule has 19 heavy (non-hydrogen) atoms. The second kappa shape index (κ2) is 10.6. The monoisotopic (exact) mass is 270 g/mol. The maximum atomic E-state index is 8.75. The highest BCUT2D eigenvalue weighted by atomic mass is 16.2. The highest BCUT2D eigenvalue weighted by Crippen LogP contribution is 2.16. The first-order valence-electron chi connectivity index (χ1n) is 8.26. The first-order chi connectivity index (χ1) is 9.22. The minimum absolute atomic E-state index is 0.354. The molecule has 1 unspecified atom stereocenters. The van der Waals surface area contributed by atoms with Gasteiger partial charge in [0, 0.05) is 13.2 Å². The summed E-state index contributed by atoms with van der Waals surface area (Å²) in [5.41, 5.74) is 0. The molecule has 0 aromatic carbocycles. The Morgan fingerprint density at radius 3 is 2.74 bits per heavy atom. The quantitative estimate of drug-likeness (QED) is 0.599. The maximum absolute atomic E-state index is 8.75. The number of piperidine rings is 1. The molecular weight excluding hydrogens is 236 g/mol. The Balaban J connectivity index is 2.05. The number of hydrogen-bond acceptors (Lipinski definition) is 3. The van der Waals surface area contributed by atoms with Crippen molar-refractivity contribution in [3.63, 3.8) is 0 Å². The molecule has 0 radical (unpaired) electrons. The Labute approximate surface area is 119 Å². The number of likely N-dealkylation sites (tertiary alicyclic amines) is 1. The van der Waals surface area contributed by atoms with E-state index in [4.69, 9.17) is 5.11 Å². The van der Waals surface area contributed by atoms with E-state index < -0.39 is 0 Å². The molecule has 1 fully saturated rings. The lowest BCUT2D eigenvalue weighted by Gasteiger charge is -2.33. The van der Waals surface area contributed by atoms with Crippen LogP contribution in [0.5, 0.6) is 0 Å². The highest BCUT2D eigenvalue weighted by molar-refractivity contribution is 4.74. The highest BCUT2D eigenvalue weighted by Gasteiger charge is 2.18. The van der Waals surface area contributed by atoms with Gasteiger partial charge >= 0.3 is 0 Å². The Morgan fingerprint density at radius 1 is 1.21 bits per heavy atom. The van der Waals surface area contributed by atoms with Crippen LogP contribution in [0.3, 0.4) is 0 Å². The van der Waals surface area contributed by atoms with Crippen molar-refractivity contribution in [1.82, 2.24) is 10.2 Å². The van der Waals surface area contributed by atoms with Crippen LogP contribution in [0.25, 0.3) is 0 Å². The number of nitrogens with one attached hydrogen (secondary N) is 1. The summed E-state index contributed by atoms with van der Waals surface area (Å²) in [6.07, 6.45) is 7.49. The smallest absolute Gasteiger partial charge is 0.0431 e. The Bertz CT molecular complexity index is 209. The van der Waals surface area contributed by atoms with Crippen LogP contribution in [0.15, 0.2) is 0 Å². The second-order valence-corrected chi connectivity index (χ2v) is 6.50. The molecule has 3 heteroatoms. The lowest BCUT2D eigenvalue weighted by Crippen LogP contribution is -2.40. The van der Waals surface area contributed by atoms with Crippen molar-refractivity contribution < 1.29 is 5.11 Å². The van der Waals surface area contributed by atoms with Gasteiger partial charge in [-0.15, -0.1) is 0 Å². The third-order valence-electron chi connectivity index (χ3n) is 3.97. The minimum Gasteiger partial charge on any atom is -0.396 e. The van der Waals surface area contributed by atoms with Crippen molar-refractivity contribution in [1.29, 1.82) is 0 Å². The molecule has 1 aliphatic rings. The fourth-order valence-electron chi connectivity index (χ4n) is 2.90. The van der Waals surface area contributed by atoms with E-state index in [1.165, 1.54) is 58.3 Å². The van der Waals surface area contributed by atoms with E-state index in [1.54, 1.807) is 0 Å². The third kappa shape index (κ3) is 8.61. The van der Waals surface area contributed by atoms with Crippen LogP contribution >= 0.6 is 0 Å². The fraction of sp³-hybridized carbons (Fsp3) is 1.00. The van der Waals surface area contributed by atoms with Crippen molar-refractivity contribution in [2.45, 2.75) is 52.4 Å². The number of aliphatic hydroxyl groups excluding tert-OH is 1. The lowest BCUT2D eigenvalue weighted by molar-refractivity contribution is 0.168. The average molecular weight is 270 g/mol. The zero-order chi connectivity index (χ0) is 13.9. The van der Waals surface area contributed by atoms with Crippen molar-refractivity contribution in [3.8, 4) is 0 Å².